The first-order valence-electron chi connectivity index (χ1n) is 8.24. The van der Waals surface area contributed by atoms with Gasteiger partial charge in [-0.1, -0.05) is 19.1 Å². The first-order valence-corrected chi connectivity index (χ1v) is 8.24. The maximum Gasteiger partial charge on any atom is 0.338 e. The van der Waals surface area contributed by atoms with Crippen LogP contribution in [0.4, 0.5) is 4.39 Å². The molecule has 1 N–H and O–H groups in total. The molecule has 1 aromatic carbocycles. The average molecular weight is 318 g/mol. The lowest BCUT2D eigenvalue weighted by molar-refractivity contribution is 0.0691. The molecular weight excluding hydrogens is 295 g/mol. The summed E-state index contributed by atoms with van der Waals surface area (Å²) in [4.78, 5) is 11.1. The zero-order valence-corrected chi connectivity index (χ0v) is 13.5. The third-order valence-electron chi connectivity index (χ3n) is 5.09. The minimum atomic E-state index is -1.23. The summed E-state index contributed by atoms with van der Waals surface area (Å²) in [5, 5.41) is 9.09. The molecule has 23 heavy (non-hydrogen) atoms. The normalized spacial score (nSPS) is 20.3. The van der Waals surface area contributed by atoms with Crippen molar-refractivity contribution in [2.45, 2.75) is 51.4 Å². The number of carboxylic acid groups (broad SMARTS) is 1. The van der Waals surface area contributed by atoms with E-state index in [1.807, 2.05) is 0 Å². The topological polar surface area (TPSA) is 46.5 Å². The van der Waals surface area contributed by atoms with Crippen LogP contribution in [0.5, 0.6) is 5.75 Å². The molecular formula is C19H23FO3. The van der Waals surface area contributed by atoms with Crippen molar-refractivity contribution in [1.29, 1.82) is 0 Å². The van der Waals surface area contributed by atoms with Gasteiger partial charge in [0.25, 0.3) is 0 Å². The number of allylic oxidation sites excluding steroid dienone is 1. The van der Waals surface area contributed by atoms with Crippen LogP contribution in [-0.4, -0.2) is 17.7 Å². The Bertz CT molecular complexity index is 636. The molecule has 2 saturated carbocycles. The molecule has 0 aromatic heterocycles. The van der Waals surface area contributed by atoms with Gasteiger partial charge in [0.05, 0.1) is 12.2 Å². The highest BCUT2D eigenvalue weighted by atomic mass is 19.1. The molecule has 0 unspecified atom stereocenters. The lowest BCUT2D eigenvalue weighted by atomic mass is 9.75. The number of rotatable bonds is 5. The SMILES string of the molecule is C=C1CCC(C)(COc2cc(F)c(C(=O)O)cc2C2CC2)CC1. The molecule has 0 atom stereocenters. The first-order chi connectivity index (χ1) is 10.9. The average Bonchev–Trinajstić information content (AvgIpc) is 3.33. The van der Waals surface area contributed by atoms with Gasteiger partial charge in [-0.25, -0.2) is 9.18 Å². The lowest BCUT2D eigenvalue weighted by Gasteiger charge is -2.34. The Balaban J connectivity index is 1.78. The molecule has 2 aliphatic rings. The van der Waals surface area contributed by atoms with E-state index >= 15 is 0 Å². The van der Waals surface area contributed by atoms with E-state index in [2.05, 4.69) is 13.5 Å². The van der Waals surface area contributed by atoms with E-state index in [1.54, 1.807) is 0 Å². The van der Waals surface area contributed by atoms with Crippen LogP contribution in [0.15, 0.2) is 24.3 Å². The van der Waals surface area contributed by atoms with E-state index < -0.39 is 11.8 Å². The van der Waals surface area contributed by atoms with Gasteiger partial charge in [-0.05, 0) is 56.1 Å². The maximum atomic E-state index is 14.0. The van der Waals surface area contributed by atoms with Gasteiger partial charge in [0, 0.05) is 11.5 Å². The van der Waals surface area contributed by atoms with Crippen molar-refractivity contribution in [3.05, 3.63) is 41.2 Å². The van der Waals surface area contributed by atoms with Crippen LogP contribution < -0.4 is 4.74 Å². The summed E-state index contributed by atoms with van der Waals surface area (Å²) < 4.78 is 20.0. The van der Waals surface area contributed by atoms with Gasteiger partial charge in [0.2, 0.25) is 0 Å². The summed E-state index contributed by atoms with van der Waals surface area (Å²) in [6, 6.07) is 2.71. The second-order valence-electron chi connectivity index (χ2n) is 7.30. The van der Waals surface area contributed by atoms with Crippen molar-refractivity contribution >= 4 is 5.97 Å². The van der Waals surface area contributed by atoms with Crippen molar-refractivity contribution < 1.29 is 19.0 Å². The zero-order chi connectivity index (χ0) is 16.6. The molecule has 2 fully saturated rings. The highest BCUT2D eigenvalue weighted by Gasteiger charge is 2.32. The fourth-order valence-corrected chi connectivity index (χ4v) is 3.18. The molecule has 0 amide bonds. The van der Waals surface area contributed by atoms with Gasteiger partial charge in [-0.3, -0.25) is 0 Å². The number of carbonyl (C=O) groups is 1. The van der Waals surface area contributed by atoms with Gasteiger partial charge in [-0.15, -0.1) is 0 Å². The van der Waals surface area contributed by atoms with Crippen molar-refractivity contribution in [3.8, 4) is 5.75 Å². The molecule has 3 rings (SSSR count). The first kappa shape index (κ1) is 16.0. The standard InChI is InChI=1S/C19H23FO3/c1-12-5-7-19(2,8-6-12)11-23-17-10-16(20)15(18(21)22)9-14(17)13-3-4-13/h9-10,13H,1,3-8,11H2,2H3,(H,21,22). The maximum absolute atomic E-state index is 14.0. The number of aromatic carboxylic acids is 1. The summed E-state index contributed by atoms with van der Waals surface area (Å²) in [5.41, 5.74) is 1.94. The van der Waals surface area contributed by atoms with Crippen LogP contribution >= 0.6 is 0 Å². The Morgan fingerprint density at radius 2 is 2.04 bits per heavy atom. The molecule has 1 aromatic rings. The molecule has 3 nitrogen and oxygen atoms in total. The second-order valence-corrected chi connectivity index (χ2v) is 7.30. The van der Waals surface area contributed by atoms with Gasteiger partial charge in [0.15, 0.2) is 0 Å². The van der Waals surface area contributed by atoms with Gasteiger partial charge in [-0.2, -0.15) is 0 Å². The highest BCUT2D eigenvalue weighted by Crippen LogP contribution is 2.46. The quantitative estimate of drug-likeness (QED) is 0.784. The van der Waals surface area contributed by atoms with Gasteiger partial charge >= 0.3 is 5.97 Å². The summed E-state index contributed by atoms with van der Waals surface area (Å²) in [7, 11) is 0. The molecule has 124 valence electrons. The third kappa shape index (κ3) is 3.57. The number of benzene rings is 1. The summed E-state index contributed by atoms with van der Waals surface area (Å²) in [5.74, 6) is -1.13. The summed E-state index contributed by atoms with van der Waals surface area (Å²) in [6.07, 6.45) is 6.11. The lowest BCUT2D eigenvalue weighted by Crippen LogP contribution is -2.28. The van der Waals surface area contributed by atoms with E-state index in [0.29, 0.717) is 18.3 Å². The predicted octanol–water partition coefficient (Wildman–Crippen LogP) is 4.92. The minimum absolute atomic E-state index is 0.0734. The Morgan fingerprint density at radius 1 is 1.39 bits per heavy atom. The Kier molecular flexibility index (Phi) is 4.17. The number of halogens is 1. The Labute approximate surface area is 136 Å². The van der Waals surface area contributed by atoms with Crippen LogP contribution in [0.3, 0.4) is 0 Å². The highest BCUT2D eigenvalue weighted by molar-refractivity contribution is 5.88. The van der Waals surface area contributed by atoms with E-state index in [1.165, 1.54) is 17.7 Å². The van der Waals surface area contributed by atoms with Crippen molar-refractivity contribution in [2.24, 2.45) is 5.41 Å². The van der Waals surface area contributed by atoms with Crippen LogP contribution in [0.1, 0.15) is 67.3 Å². The monoisotopic (exact) mass is 318 g/mol. The molecule has 0 bridgehead atoms. The van der Waals surface area contributed by atoms with E-state index in [9.17, 15) is 9.18 Å². The smallest absolute Gasteiger partial charge is 0.338 e. The van der Waals surface area contributed by atoms with Crippen molar-refractivity contribution in [3.63, 3.8) is 0 Å². The fourth-order valence-electron chi connectivity index (χ4n) is 3.18. The largest absolute Gasteiger partial charge is 0.493 e. The van der Waals surface area contributed by atoms with Crippen LogP contribution in [0, 0.1) is 11.2 Å². The number of hydrogen-bond acceptors (Lipinski definition) is 2. The molecule has 0 heterocycles. The molecule has 0 spiro atoms. The second kappa shape index (κ2) is 5.99. The number of ether oxygens (including phenoxy) is 1. The number of hydrogen-bond donors (Lipinski definition) is 1. The molecule has 4 heteroatoms. The molecule has 0 aliphatic heterocycles. The van der Waals surface area contributed by atoms with E-state index in [4.69, 9.17) is 9.84 Å². The van der Waals surface area contributed by atoms with Crippen molar-refractivity contribution in [1.82, 2.24) is 0 Å². The predicted molar refractivity (Wildman–Crippen MR) is 86.5 cm³/mol. The zero-order valence-electron chi connectivity index (χ0n) is 13.5. The number of carboxylic acids is 1. The molecule has 0 radical (unpaired) electrons. The van der Waals surface area contributed by atoms with E-state index in [-0.39, 0.29) is 11.0 Å². The summed E-state index contributed by atoms with van der Waals surface area (Å²) in [6.45, 7) is 6.76. The molecule has 0 saturated heterocycles. The minimum Gasteiger partial charge on any atom is -0.493 e. The fraction of sp³-hybridized carbons (Fsp3) is 0.526. The van der Waals surface area contributed by atoms with Crippen LogP contribution in [0.25, 0.3) is 0 Å². The Hall–Kier alpha value is -1.84. The third-order valence-corrected chi connectivity index (χ3v) is 5.09. The Morgan fingerprint density at radius 3 is 2.61 bits per heavy atom. The van der Waals surface area contributed by atoms with Crippen molar-refractivity contribution in [2.75, 3.05) is 6.61 Å². The van der Waals surface area contributed by atoms with Gasteiger partial charge < -0.3 is 9.84 Å². The van der Waals surface area contributed by atoms with Gasteiger partial charge in [0.1, 0.15) is 11.6 Å². The van der Waals surface area contributed by atoms with E-state index in [0.717, 1.165) is 44.1 Å². The van der Waals surface area contributed by atoms with Crippen LogP contribution in [-0.2, 0) is 0 Å². The van der Waals surface area contributed by atoms with Crippen LogP contribution in [0.2, 0.25) is 0 Å². The molecule has 2 aliphatic carbocycles. The summed E-state index contributed by atoms with van der Waals surface area (Å²) >= 11 is 0.